The Kier molecular flexibility index (Phi) is 8.39. The van der Waals surface area contributed by atoms with Crippen molar-refractivity contribution in [1.82, 2.24) is 5.32 Å². The van der Waals surface area contributed by atoms with Gasteiger partial charge >= 0.3 is 5.97 Å². The fraction of sp³-hybridized carbons (Fsp3) is 0.273. The number of hydrogen-bond acceptors (Lipinski definition) is 5. The van der Waals surface area contributed by atoms with Crippen molar-refractivity contribution in [3.63, 3.8) is 0 Å². The summed E-state index contributed by atoms with van der Waals surface area (Å²) in [5.74, 6) is -1.80. The number of ether oxygens (including phenoxy) is 1. The van der Waals surface area contributed by atoms with Gasteiger partial charge in [-0.1, -0.05) is 55.8 Å². The molecule has 0 aromatic heterocycles. The van der Waals surface area contributed by atoms with Gasteiger partial charge in [0.25, 0.3) is 5.91 Å². The third-order valence-electron chi connectivity index (χ3n) is 4.16. The average molecular weight is 428 g/mol. The van der Waals surface area contributed by atoms with E-state index in [2.05, 4.69) is 10.6 Å². The van der Waals surface area contributed by atoms with E-state index in [1.165, 1.54) is 18.2 Å². The Balaban J connectivity index is 1.88. The largest absolute Gasteiger partial charge is 0.454 e. The molecule has 0 fully saturated rings. The Bertz CT molecular complexity index is 955. The molecular weight excluding hydrogens is 406 g/mol. The number of benzene rings is 2. The van der Waals surface area contributed by atoms with E-state index in [1.54, 1.807) is 13.8 Å². The summed E-state index contributed by atoms with van der Waals surface area (Å²) in [4.78, 5) is 36.7. The highest BCUT2D eigenvalue weighted by atomic mass is 35.5. The van der Waals surface area contributed by atoms with Crippen molar-refractivity contribution in [2.24, 2.45) is 5.92 Å². The number of carbonyl (C=O) groups excluding carboxylic acids is 3. The average Bonchev–Trinajstić information content (AvgIpc) is 2.71. The Morgan fingerprint density at radius 1 is 1.10 bits per heavy atom. The molecule has 1 atom stereocenters. The smallest absolute Gasteiger partial charge is 0.329 e. The lowest BCUT2D eigenvalue weighted by Gasteiger charge is -2.20. The van der Waals surface area contributed by atoms with E-state index in [-0.39, 0.29) is 28.8 Å². The second-order valence-corrected chi connectivity index (χ2v) is 7.32. The van der Waals surface area contributed by atoms with Crippen LogP contribution < -0.4 is 10.6 Å². The summed E-state index contributed by atoms with van der Waals surface area (Å²) in [6, 6.07) is 14.6. The molecule has 2 amide bonds. The van der Waals surface area contributed by atoms with Gasteiger partial charge in [0.2, 0.25) is 5.91 Å². The Morgan fingerprint density at radius 3 is 2.40 bits per heavy atom. The molecule has 0 aliphatic rings. The minimum absolute atomic E-state index is 0.136. The number of nitrogens with zero attached hydrogens (tertiary/aromatic N) is 1. The Morgan fingerprint density at radius 2 is 1.80 bits per heavy atom. The molecule has 2 N–H and O–H groups in total. The first-order valence-corrected chi connectivity index (χ1v) is 9.67. The number of amides is 2. The second kappa shape index (κ2) is 11.0. The highest BCUT2D eigenvalue weighted by Crippen LogP contribution is 2.20. The lowest BCUT2D eigenvalue weighted by molar-refractivity contribution is -0.151. The molecule has 1 unspecified atom stereocenters. The number of nitrogens with one attached hydrogen (secondary N) is 2. The number of halogens is 1. The molecule has 2 aromatic carbocycles. The van der Waals surface area contributed by atoms with E-state index in [9.17, 15) is 14.4 Å². The maximum Gasteiger partial charge on any atom is 0.329 e. The summed E-state index contributed by atoms with van der Waals surface area (Å²) >= 11 is 5.92. The van der Waals surface area contributed by atoms with Crippen LogP contribution in [0.15, 0.2) is 48.5 Å². The van der Waals surface area contributed by atoms with Gasteiger partial charge in [0, 0.05) is 5.69 Å². The van der Waals surface area contributed by atoms with Gasteiger partial charge in [-0.05, 0) is 29.7 Å². The molecule has 0 aliphatic carbocycles. The minimum atomic E-state index is -0.877. The normalized spacial score (nSPS) is 11.3. The van der Waals surface area contributed by atoms with Gasteiger partial charge in [-0.25, -0.2) is 4.79 Å². The Labute approximate surface area is 180 Å². The second-order valence-electron chi connectivity index (χ2n) is 6.91. The van der Waals surface area contributed by atoms with Gasteiger partial charge in [-0.2, -0.15) is 5.26 Å². The summed E-state index contributed by atoms with van der Waals surface area (Å²) in [5, 5.41) is 14.3. The molecule has 0 saturated carbocycles. The van der Waals surface area contributed by atoms with Crippen LogP contribution in [0.2, 0.25) is 5.02 Å². The molecule has 0 aliphatic heterocycles. The van der Waals surface area contributed by atoms with Gasteiger partial charge in [-0.3, -0.25) is 9.59 Å². The predicted molar refractivity (Wildman–Crippen MR) is 113 cm³/mol. The molecule has 0 spiro atoms. The lowest BCUT2D eigenvalue weighted by Crippen LogP contribution is -2.46. The van der Waals surface area contributed by atoms with Crippen LogP contribution in [0, 0.1) is 17.2 Å². The summed E-state index contributed by atoms with van der Waals surface area (Å²) in [5.41, 5.74) is 1.48. The zero-order valence-corrected chi connectivity index (χ0v) is 17.4. The van der Waals surface area contributed by atoms with Crippen molar-refractivity contribution in [2.75, 3.05) is 11.9 Å². The zero-order chi connectivity index (χ0) is 22.1. The fourth-order valence-corrected chi connectivity index (χ4v) is 2.83. The zero-order valence-electron chi connectivity index (χ0n) is 16.6. The number of carbonyl (C=O) groups is 3. The molecule has 0 heterocycles. The molecule has 0 bridgehead atoms. The maximum absolute atomic E-state index is 12.4. The third kappa shape index (κ3) is 6.90. The van der Waals surface area contributed by atoms with Gasteiger partial charge in [0.1, 0.15) is 12.1 Å². The van der Waals surface area contributed by atoms with Crippen molar-refractivity contribution < 1.29 is 19.1 Å². The first kappa shape index (κ1) is 22.9. The summed E-state index contributed by atoms with van der Waals surface area (Å²) in [6.07, 6.45) is 0.136. The van der Waals surface area contributed by atoms with Crippen molar-refractivity contribution >= 4 is 35.1 Å². The topological polar surface area (TPSA) is 108 Å². The molecule has 0 radical (unpaired) electrons. The maximum atomic E-state index is 12.4. The van der Waals surface area contributed by atoms with E-state index in [1.807, 2.05) is 36.4 Å². The molecule has 156 valence electrons. The SMILES string of the molecule is CC(C)C(NC(=O)Cc1ccccc1)C(=O)OCC(=O)Nc1ccc(C#N)c(Cl)c1. The molecule has 2 aromatic rings. The molecule has 30 heavy (non-hydrogen) atoms. The van der Waals surface area contributed by atoms with E-state index >= 15 is 0 Å². The monoisotopic (exact) mass is 427 g/mol. The van der Waals surface area contributed by atoms with Crippen molar-refractivity contribution in [1.29, 1.82) is 5.26 Å². The van der Waals surface area contributed by atoms with Crippen molar-refractivity contribution in [3.8, 4) is 6.07 Å². The van der Waals surface area contributed by atoms with Gasteiger partial charge < -0.3 is 15.4 Å². The summed E-state index contributed by atoms with van der Waals surface area (Å²) < 4.78 is 5.07. The van der Waals surface area contributed by atoms with E-state index in [0.717, 1.165) is 5.56 Å². The Hall–Kier alpha value is -3.37. The van der Waals surface area contributed by atoms with Crippen molar-refractivity contribution in [3.05, 3.63) is 64.7 Å². The van der Waals surface area contributed by atoms with Crippen LogP contribution in [0.1, 0.15) is 25.0 Å². The summed E-state index contributed by atoms with van der Waals surface area (Å²) in [7, 11) is 0. The van der Waals surface area contributed by atoms with Crippen LogP contribution in [0.3, 0.4) is 0 Å². The molecule has 7 nitrogen and oxygen atoms in total. The molecule has 8 heteroatoms. The summed E-state index contributed by atoms with van der Waals surface area (Å²) in [6.45, 7) is 3.02. The van der Waals surface area contributed by atoms with Crippen LogP contribution in [0.5, 0.6) is 0 Å². The van der Waals surface area contributed by atoms with Crippen LogP contribution in [0.25, 0.3) is 0 Å². The van der Waals surface area contributed by atoms with Crippen LogP contribution >= 0.6 is 11.6 Å². The standard InChI is InChI=1S/C22H22ClN3O4/c1-14(2)21(26-19(27)10-15-6-4-3-5-7-15)22(29)30-13-20(28)25-17-9-8-16(12-24)18(23)11-17/h3-9,11,14,21H,10,13H2,1-2H3,(H,25,28)(H,26,27). The van der Waals surface area contributed by atoms with Gasteiger partial charge in [-0.15, -0.1) is 0 Å². The first-order chi connectivity index (χ1) is 14.3. The van der Waals surface area contributed by atoms with Crippen molar-refractivity contribution in [2.45, 2.75) is 26.3 Å². The number of anilines is 1. The highest BCUT2D eigenvalue weighted by Gasteiger charge is 2.26. The van der Waals surface area contributed by atoms with Crippen LogP contribution in [-0.2, 0) is 25.5 Å². The van der Waals surface area contributed by atoms with E-state index in [4.69, 9.17) is 21.6 Å². The predicted octanol–water partition coefficient (Wildman–Crippen LogP) is 3.08. The fourth-order valence-electron chi connectivity index (χ4n) is 2.61. The minimum Gasteiger partial charge on any atom is -0.454 e. The van der Waals surface area contributed by atoms with E-state index in [0.29, 0.717) is 5.69 Å². The third-order valence-corrected chi connectivity index (χ3v) is 4.48. The molecule has 2 rings (SSSR count). The van der Waals surface area contributed by atoms with Gasteiger partial charge in [0.15, 0.2) is 6.61 Å². The lowest BCUT2D eigenvalue weighted by atomic mass is 10.0. The van der Waals surface area contributed by atoms with E-state index < -0.39 is 24.5 Å². The molecule has 0 saturated heterocycles. The number of esters is 1. The highest BCUT2D eigenvalue weighted by molar-refractivity contribution is 6.32. The quantitative estimate of drug-likeness (QED) is 0.629. The number of hydrogen-bond donors (Lipinski definition) is 2. The first-order valence-electron chi connectivity index (χ1n) is 9.29. The van der Waals surface area contributed by atoms with Crippen LogP contribution in [0.4, 0.5) is 5.69 Å². The van der Waals surface area contributed by atoms with Gasteiger partial charge in [0.05, 0.1) is 17.0 Å². The van der Waals surface area contributed by atoms with Crippen LogP contribution in [-0.4, -0.2) is 30.4 Å². The molecular formula is C22H22ClN3O4. The number of rotatable bonds is 8. The number of nitriles is 1.